The lowest BCUT2D eigenvalue weighted by molar-refractivity contribution is 0.343. The maximum absolute atomic E-state index is 12.7. The highest BCUT2D eigenvalue weighted by molar-refractivity contribution is 8.13. The fourth-order valence-electron chi connectivity index (χ4n) is 1.51. The van der Waals surface area contributed by atoms with E-state index < -0.39 is 0 Å². The van der Waals surface area contributed by atoms with Gasteiger partial charge in [-0.2, -0.15) is 0 Å². The molecule has 2 N–H and O–H groups in total. The summed E-state index contributed by atoms with van der Waals surface area (Å²) in [4.78, 5) is 4.25. The second-order valence-electron chi connectivity index (χ2n) is 4.08. The minimum Gasteiger partial charge on any atom is -0.493 e. The number of aliphatic imine (C=N–C) groups is 1. The van der Waals surface area contributed by atoms with Crippen LogP contribution in [0, 0.1) is 5.82 Å². The summed E-state index contributed by atoms with van der Waals surface area (Å²) in [5.41, 5.74) is 6.57. The van der Waals surface area contributed by atoms with Crippen LogP contribution in [-0.2, 0) is 0 Å². The van der Waals surface area contributed by atoms with Gasteiger partial charge in [0, 0.05) is 10.8 Å². The van der Waals surface area contributed by atoms with E-state index in [-0.39, 0.29) is 5.82 Å². The van der Waals surface area contributed by atoms with Crippen LogP contribution in [0.4, 0.5) is 10.1 Å². The largest absolute Gasteiger partial charge is 0.493 e. The third-order valence-electron chi connectivity index (χ3n) is 2.48. The summed E-state index contributed by atoms with van der Waals surface area (Å²) in [6.07, 6.45) is 0. The molecule has 21 heavy (non-hydrogen) atoms. The normalized spacial score (nSPS) is 11.4. The van der Waals surface area contributed by atoms with E-state index in [1.807, 2.05) is 0 Å². The summed E-state index contributed by atoms with van der Waals surface area (Å²) in [5.74, 6) is 1.00. The topological polar surface area (TPSA) is 47.6 Å². The van der Waals surface area contributed by atoms with Gasteiger partial charge >= 0.3 is 0 Å². The van der Waals surface area contributed by atoms with Gasteiger partial charge < -0.3 is 10.5 Å². The van der Waals surface area contributed by atoms with Crippen LogP contribution in [0.1, 0.15) is 0 Å². The predicted octanol–water partition coefficient (Wildman–Crippen LogP) is 4.24. The molecule has 110 valence electrons. The molecule has 0 aliphatic rings. The Morgan fingerprint density at radius 3 is 2.48 bits per heavy atom. The summed E-state index contributed by atoms with van der Waals surface area (Å²) in [6.45, 7) is 0.465. The Bertz CT molecular complexity index is 602. The van der Waals surface area contributed by atoms with Crippen molar-refractivity contribution in [2.75, 3.05) is 12.4 Å². The number of ether oxygens (including phenoxy) is 1. The number of hydrogen-bond donors (Lipinski definition) is 1. The molecule has 0 heterocycles. The summed E-state index contributed by atoms with van der Waals surface area (Å²) < 4.78 is 18.2. The molecule has 0 saturated heterocycles. The average Bonchev–Trinajstić information content (AvgIpc) is 2.48. The number of thioether (sulfide) groups is 1. The molecule has 0 bridgehead atoms. The van der Waals surface area contributed by atoms with Crippen LogP contribution < -0.4 is 10.5 Å². The van der Waals surface area contributed by atoms with Crippen molar-refractivity contribution in [1.29, 1.82) is 0 Å². The van der Waals surface area contributed by atoms with Gasteiger partial charge in [-0.25, -0.2) is 9.38 Å². The molecule has 0 fully saturated rings. The molecule has 2 rings (SSSR count). The Morgan fingerprint density at radius 1 is 1.14 bits per heavy atom. The first-order valence-corrected chi connectivity index (χ1v) is 7.61. The molecule has 0 aromatic heterocycles. The monoisotopic (exact) mass is 324 g/mol. The van der Waals surface area contributed by atoms with Gasteiger partial charge in [0.25, 0.3) is 0 Å². The molecule has 2 aromatic rings. The zero-order valence-corrected chi connectivity index (χ0v) is 12.7. The zero-order chi connectivity index (χ0) is 15.1. The lowest BCUT2D eigenvalue weighted by atomic mass is 10.3. The predicted molar refractivity (Wildman–Crippen MR) is 87.1 cm³/mol. The Hall–Kier alpha value is -1.72. The summed E-state index contributed by atoms with van der Waals surface area (Å²) in [6, 6.07) is 13.0. The fourth-order valence-corrected chi connectivity index (χ4v) is 2.18. The molecular weight excluding hydrogens is 311 g/mol. The highest BCUT2D eigenvalue weighted by atomic mass is 35.5. The van der Waals surface area contributed by atoms with E-state index in [4.69, 9.17) is 22.1 Å². The van der Waals surface area contributed by atoms with E-state index >= 15 is 0 Å². The molecule has 0 radical (unpaired) electrons. The van der Waals surface area contributed by atoms with Crippen molar-refractivity contribution >= 4 is 34.2 Å². The molecule has 3 nitrogen and oxygen atoms in total. The molecule has 0 unspecified atom stereocenters. The first-order valence-electron chi connectivity index (χ1n) is 6.24. The van der Waals surface area contributed by atoms with Gasteiger partial charge in [-0.05, 0) is 48.5 Å². The Morgan fingerprint density at radius 2 is 1.81 bits per heavy atom. The number of rotatable bonds is 5. The Balaban J connectivity index is 1.75. The molecule has 0 spiro atoms. The van der Waals surface area contributed by atoms with Crippen LogP contribution in [0.5, 0.6) is 5.75 Å². The third kappa shape index (κ3) is 5.65. The number of nitrogens with two attached hydrogens (primary N) is 1. The summed E-state index contributed by atoms with van der Waals surface area (Å²) in [7, 11) is 0. The van der Waals surface area contributed by atoms with E-state index in [1.165, 1.54) is 23.9 Å². The van der Waals surface area contributed by atoms with E-state index in [2.05, 4.69) is 4.99 Å². The van der Waals surface area contributed by atoms with Crippen molar-refractivity contribution in [2.45, 2.75) is 0 Å². The maximum Gasteiger partial charge on any atom is 0.159 e. The standard InChI is InChI=1S/C15H14ClFN2OS/c16-11-1-5-13(6-2-11)19-15(18)21-10-9-20-14-7-3-12(17)4-8-14/h1-8H,9-10H2,(H2,18,19). The lowest BCUT2D eigenvalue weighted by Crippen LogP contribution is -2.10. The van der Waals surface area contributed by atoms with Gasteiger partial charge in [-0.3, -0.25) is 0 Å². The Labute approximate surface area is 132 Å². The minimum atomic E-state index is -0.281. The summed E-state index contributed by atoms with van der Waals surface area (Å²) >= 11 is 7.19. The van der Waals surface area contributed by atoms with Crippen molar-refractivity contribution in [3.8, 4) is 5.75 Å². The lowest BCUT2D eigenvalue weighted by Gasteiger charge is -2.05. The van der Waals surface area contributed by atoms with Crippen LogP contribution in [-0.4, -0.2) is 17.5 Å². The van der Waals surface area contributed by atoms with Crippen LogP contribution in [0.2, 0.25) is 5.02 Å². The van der Waals surface area contributed by atoms with Crippen molar-refractivity contribution < 1.29 is 9.13 Å². The van der Waals surface area contributed by atoms with Crippen LogP contribution in [0.15, 0.2) is 53.5 Å². The van der Waals surface area contributed by atoms with Gasteiger partial charge in [0.15, 0.2) is 5.17 Å². The number of hydrogen-bond acceptors (Lipinski definition) is 3. The molecule has 0 aliphatic carbocycles. The van der Waals surface area contributed by atoms with E-state index in [1.54, 1.807) is 36.4 Å². The molecule has 0 saturated carbocycles. The maximum atomic E-state index is 12.7. The average molecular weight is 325 g/mol. The summed E-state index contributed by atoms with van der Waals surface area (Å²) in [5, 5.41) is 1.12. The Kier molecular flexibility index (Phi) is 5.90. The minimum absolute atomic E-state index is 0.281. The molecule has 0 atom stereocenters. The van der Waals surface area contributed by atoms with Crippen molar-refractivity contribution in [1.82, 2.24) is 0 Å². The van der Waals surface area contributed by atoms with Crippen LogP contribution >= 0.6 is 23.4 Å². The molecular formula is C15H14ClFN2OS. The van der Waals surface area contributed by atoms with Crippen LogP contribution in [0.3, 0.4) is 0 Å². The van der Waals surface area contributed by atoms with Crippen molar-refractivity contribution in [3.63, 3.8) is 0 Å². The smallest absolute Gasteiger partial charge is 0.159 e. The first-order chi connectivity index (χ1) is 10.1. The van der Waals surface area contributed by atoms with E-state index in [9.17, 15) is 4.39 Å². The molecule has 0 amide bonds. The zero-order valence-electron chi connectivity index (χ0n) is 11.1. The van der Waals surface area contributed by atoms with Crippen molar-refractivity contribution in [2.24, 2.45) is 10.7 Å². The third-order valence-corrected chi connectivity index (χ3v) is 3.49. The first kappa shape index (κ1) is 15.7. The number of benzene rings is 2. The fraction of sp³-hybridized carbons (Fsp3) is 0.133. The van der Waals surface area contributed by atoms with Gasteiger partial charge in [0.05, 0.1) is 12.3 Å². The number of nitrogens with zero attached hydrogens (tertiary/aromatic N) is 1. The van der Waals surface area contributed by atoms with E-state index in [0.717, 1.165) is 5.69 Å². The van der Waals surface area contributed by atoms with Crippen molar-refractivity contribution in [3.05, 3.63) is 59.4 Å². The molecule has 0 aliphatic heterocycles. The highest BCUT2D eigenvalue weighted by Crippen LogP contribution is 2.18. The molecule has 6 heteroatoms. The van der Waals surface area contributed by atoms with E-state index in [0.29, 0.717) is 28.3 Å². The van der Waals surface area contributed by atoms with Gasteiger partial charge in [-0.15, -0.1) is 0 Å². The second kappa shape index (κ2) is 7.90. The van der Waals surface area contributed by atoms with Gasteiger partial charge in [0.1, 0.15) is 11.6 Å². The quantitative estimate of drug-likeness (QED) is 0.508. The SMILES string of the molecule is NC(=Nc1ccc(Cl)cc1)SCCOc1ccc(F)cc1. The number of halogens is 2. The van der Waals surface area contributed by atoms with Gasteiger partial charge in [-0.1, -0.05) is 23.4 Å². The van der Waals surface area contributed by atoms with Crippen LogP contribution in [0.25, 0.3) is 0 Å². The molecule has 2 aromatic carbocycles. The highest BCUT2D eigenvalue weighted by Gasteiger charge is 1.98. The number of amidine groups is 1. The second-order valence-corrected chi connectivity index (χ2v) is 5.63. The van der Waals surface area contributed by atoms with Gasteiger partial charge in [0.2, 0.25) is 0 Å².